The van der Waals surface area contributed by atoms with Crippen LogP contribution in [0.1, 0.15) is 33.6 Å². The van der Waals surface area contributed by atoms with Crippen molar-refractivity contribution in [1.29, 1.82) is 0 Å². The summed E-state index contributed by atoms with van der Waals surface area (Å²) in [7, 11) is 0. The van der Waals surface area contributed by atoms with Gasteiger partial charge in [-0.25, -0.2) is 9.50 Å². The Morgan fingerprint density at radius 2 is 1.77 bits per heavy atom. The second-order valence-electron chi connectivity index (χ2n) is 7.80. The lowest BCUT2D eigenvalue weighted by Crippen LogP contribution is -2.18. The van der Waals surface area contributed by atoms with E-state index in [1.165, 1.54) is 5.56 Å². The number of carbonyl (C=O) groups is 1. The van der Waals surface area contributed by atoms with E-state index < -0.39 is 0 Å². The predicted octanol–water partition coefficient (Wildman–Crippen LogP) is 4.51. The number of nitrogens with one attached hydrogen (secondary N) is 1. The molecule has 6 nitrogen and oxygen atoms in total. The van der Waals surface area contributed by atoms with Crippen molar-refractivity contribution in [3.63, 3.8) is 0 Å². The molecule has 152 valence electrons. The van der Waals surface area contributed by atoms with Gasteiger partial charge in [0.15, 0.2) is 5.82 Å². The van der Waals surface area contributed by atoms with Gasteiger partial charge in [-0.15, -0.1) is 5.10 Å². The number of anilines is 1. The zero-order valence-electron chi connectivity index (χ0n) is 17.9. The first-order valence-electron chi connectivity index (χ1n) is 9.99. The summed E-state index contributed by atoms with van der Waals surface area (Å²) in [6.45, 7) is 9.99. The third kappa shape index (κ3) is 3.81. The van der Waals surface area contributed by atoms with Crippen LogP contribution in [0.4, 0.5) is 5.69 Å². The van der Waals surface area contributed by atoms with Gasteiger partial charge in [0, 0.05) is 28.2 Å². The summed E-state index contributed by atoms with van der Waals surface area (Å²) < 4.78 is 1.73. The molecule has 0 atom stereocenters. The van der Waals surface area contributed by atoms with Gasteiger partial charge in [0.05, 0.1) is 6.42 Å². The highest BCUT2D eigenvalue weighted by Crippen LogP contribution is 2.21. The summed E-state index contributed by atoms with van der Waals surface area (Å²) in [5.41, 5.74) is 7.78. The standard InChI is InChI=1S/C24H25N5O/c1-14-7-6-8-19(11-14)23-27-24-25-17(4)21(18(5)29(24)28-23)13-22(30)26-20-10-9-15(2)16(3)12-20/h6-12H,13H2,1-5H3,(H,26,30). The zero-order valence-corrected chi connectivity index (χ0v) is 17.9. The van der Waals surface area contributed by atoms with Crippen LogP contribution in [-0.2, 0) is 11.2 Å². The van der Waals surface area contributed by atoms with Gasteiger partial charge in [0.25, 0.3) is 5.78 Å². The highest BCUT2D eigenvalue weighted by molar-refractivity contribution is 5.92. The van der Waals surface area contributed by atoms with Gasteiger partial charge in [-0.1, -0.05) is 29.8 Å². The molecule has 0 fully saturated rings. The van der Waals surface area contributed by atoms with Gasteiger partial charge in [0.2, 0.25) is 5.91 Å². The molecule has 0 aliphatic carbocycles. The van der Waals surface area contributed by atoms with E-state index in [0.29, 0.717) is 11.6 Å². The molecule has 0 unspecified atom stereocenters. The third-order valence-corrected chi connectivity index (χ3v) is 5.45. The van der Waals surface area contributed by atoms with E-state index in [2.05, 4.69) is 33.4 Å². The average Bonchev–Trinajstić information content (AvgIpc) is 3.12. The number of benzene rings is 2. The number of aromatic nitrogens is 4. The van der Waals surface area contributed by atoms with Crippen molar-refractivity contribution in [3.05, 3.63) is 76.1 Å². The fraction of sp³-hybridized carbons (Fsp3) is 0.250. The maximum absolute atomic E-state index is 12.7. The SMILES string of the molecule is Cc1cccc(-c2nc3nc(C)c(CC(=O)Nc4ccc(C)c(C)c4)c(C)n3n2)c1. The molecule has 0 aliphatic heterocycles. The molecule has 4 aromatic rings. The van der Waals surface area contributed by atoms with Crippen molar-refractivity contribution in [2.45, 2.75) is 41.0 Å². The van der Waals surface area contributed by atoms with Gasteiger partial charge in [-0.2, -0.15) is 4.98 Å². The Morgan fingerprint density at radius 3 is 2.50 bits per heavy atom. The van der Waals surface area contributed by atoms with Crippen molar-refractivity contribution >= 4 is 17.4 Å². The second-order valence-corrected chi connectivity index (χ2v) is 7.80. The quantitative estimate of drug-likeness (QED) is 0.548. The van der Waals surface area contributed by atoms with Gasteiger partial charge >= 0.3 is 0 Å². The first-order valence-corrected chi connectivity index (χ1v) is 9.99. The first kappa shape index (κ1) is 19.8. The third-order valence-electron chi connectivity index (χ3n) is 5.45. The second kappa shape index (κ2) is 7.71. The Labute approximate surface area is 176 Å². The molecule has 30 heavy (non-hydrogen) atoms. The van der Waals surface area contributed by atoms with Gasteiger partial charge in [0.1, 0.15) is 0 Å². The molecule has 2 heterocycles. The maximum Gasteiger partial charge on any atom is 0.253 e. The van der Waals surface area contributed by atoms with Gasteiger partial charge in [-0.3, -0.25) is 4.79 Å². The lowest BCUT2D eigenvalue weighted by atomic mass is 10.1. The van der Waals surface area contributed by atoms with Crippen LogP contribution in [0.15, 0.2) is 42.5 Å². The van der Waals surface area contributed by atoms with E-state index in [9.17, 15) is 4.79 Å². The summed E-state index contributed by atoms with van der Waals surface area (Å²) in [6, 6.07) is 14.0. The van der Waals surface area contributed by atoms with E-state index >= 15 is 0 Å². The van der Waals surface area contributed by atoms with E-state index in [0.717, 1.165) is 39.3 Å². The van der Waals surface area contributed by atoms with Gasteiger partial charge in [-0.05, 0) is 63.9 Å². The summed E-state index contributed by atoms with van der Waals surface area (Å²) in [6.07, 6.45) is 0.229. The molecule has 1 N–H and O–H groups in total. The van der Waals surface area contributed by atoms with Crippen molar-refractivity contribution in [2.75, 3.05) is 5.32 Å². The lowest BCUT2D eigenvalue weighted by molar-refractivity contribution is -0.115. The molecule has 0 saturated carbocycles. The minimum Gasteiger partial charge on any atom is -0.326 e. The van der Waals surface area contributed by atoms with Crippen LogP contribution in [0, 0.1) is 34.6 Å². The number of carbonyl (C=O) groups excluding carboxylic acids is 1. The Hall–Kier alpha value is -3.54. The van der Waals surface area contributed by atoms with Crippen LogP contribution in [0.3, 0.4) is 0 Å². The van der Waals surface area contributed by atoms with Crippen LogP contribution >= 0.6 is 0 Å². The fourth-order valence-electron chi connectivity index (χ4n) is 3.56. The molecule has 0 aliphatic rings. The number of aryl methyl sites for hydroxylation is 5. The van der Waals surface area contributed by atoms with E-state index in [4.69, 9.17) is 0 Å². The van der Waals surface area contributed by atoms with Crippen LogP contribution in [-0.4, -0.2) is 25.5 Å². The molecular weight excluding hydrogens is 374 g/mol. The lowest BCUT2D eigenvalue weighted by Gasteiger charge is -2.11. The number of hydrogen-bond donors (Lipinski definition) is 1. The van der Waals surface area contributed by atoms with Crippen molar-refractivity contribution in [3.8, 4) is 11.4 Å². The van der Waals surface area contributed by atoms with Crippen molar-refractivity contribution in [1.82, 2.24) is 19.6 Å². The highest BCUT2D eigenvalue weighted by atomic mass is 16.1. The molecule has 0 saturated heterocycles. The van der Waals surface area contributed by atoms with Gasteiger partial charge < -0.3 is 5.32 Å². The molecular formula is C24H25N5O. The van der Waals surface area contributed by atoms with Crippen LogP contribution in [0.2, 0.25) is 0 Å². The van der Waals surface area contributed by atoms with E-state index in [-0.39, 0.29) is 12.3 Å². The minimum atomic E-state index is -0.0790. The Bertz CT molecular complexity index is 1270. The summed E-state index contributed by atoms with van der Waals surface area (Å²) >= 11 is 0. The maximum atomic E-state index is 12.7. The number of hydrogen-bond acceptors (Lipinski definition) is 4. The monoisotopic (exact) mass is 399 g/mol. The Kier molecular flexibility index (Phi) is 5.08. The van der Waals surface area contributed by atoms with Crippen molar-refractivity contribution in [2.24, 2.45) is 0 Å². The Balaban J connectivity index is 1.64. The van der Waals surface area contributed by atoms with Crippen LogP contribution in [0.25, 0.3) is 17.2 Å². The summed E-state index contributed by atoms with van der Waals surface area (Å²) in [4.78, 5) is 21.9. The fourth-order valence-corrected chi connectivity index (χ4v) is 3.56. The number of rotatable bonds is 4. The average molecular weight is 399 g/mol. The van der Waals surface area contributed by atoms with E-state index in [1.54, 1.807) is 4.52 Å². The smallest absolute Gasteiger partial charge is 0.253 e. The summed E-state index contributed by atoms with van der Waals surface area (Å²) in [5, 5.41) is 7.64. The van der Waals surface area contributed by atoms with E-state index in [1.807, 2.05) is 64.1 Å². The predicted molar refractivity (Wildman–Crippen MR) is 119 cm³/mol. The first-order chi connectivity index (χ1) is 14.3. The van der Waals surface area contributed by atoms with Crippen LogP contribution in [0.5, 0.6) is 0 Å². The molecule has 0 bridgehead atoms. The molecule has 4 rings (SSSR count). The highest BCUT2D eigenvalue weighted by Gasteiger charge is 2.17. The minimum absolute atomic E-state index is 0.0790. The Morgan fingerprint density at radius 1 is 0.967 bits per heavy atom. The molecule has 6 heteroatoms. The van der Waals surface area contributed by atoms with Crippen molar-refractivity contribution < 1.29 is 4.79 Å². The molecule has 0 spiro atoms. The normalized spacial score (nSPS) is 11.1. The molecule has 2 aromatic heterocycles. The zero-order chi connectivity index (χ0) is 21.4. The molecule has 1 amide bonds. The molecule has 2 aromatic carbocycles. The largest absolute Gasteiger partial charge is 0.326 e. The number of fused-ring (bicyclic) bond motifs is 1. The number of amides is 1. The molecule has 0 radical (unpaired) electrons. The van der Waals surface area contributed by atoms with Crippen LogP contribution < -0.4 is 5.32 Å². The topological polar surface area (TPSA) is 72.2 Å². The number of nitrogens with zero attached hydrogens (tertiary/aromatic N) is 4. The summed E-state index contributed by atoms with van der Waals surface area (Å²) in [5.74, 6) is 1.09.